The summed E-state index contributed by atoms with van der Waals surface area (Å²) in [5.41, 5.74) is 0. The molecule has 5 heteroatoms. The highest BCUT2D eigenvalue weighted by Crippen LogP contribution is 2.11. The van der Waals surface area contributed by atoms with Crippen molar-refractivity contribution in [1.29, 1.82) is 0 Å². The SMILES string of the molecule is C#CCNC(=O)NCC(O)c1ccco1. The van der Waals surface area contributed by atoms with E-state index in [0.717, 1.165) is 0 Å². The summed E-state index contributed by atoms with van der Waals surface area (Å²) in [6, 6.07) is 2.88. The van der Waals surface area contributed by atoms with E-state index in [2.05, 4.69) is 16.6 Å². The first-order valence-electron chi connectivity index (χ1n) is 4.40. The minimum absolute atomic E-state index is 0.0733. The van der Waals surface area contributed by atoms with E-state index < -0.39 is 12.1 Å². The molecule has 2 amide bonds. The van der Waals surface area contributed by atoms with Crippen molar-refractivity contribution in [3.63, 3.8) is 0 Å². The van der Waals surface area contributed by atoms with Crippen LogP contribution in [0.5, 0.6) is 0 Å². The van der Waals surface area contributed by atoms with Gasteiger partial charge in [0.2, 0.25) is 0 Å². The minimum Gasteiger partial charge on any atom is -0.467 e. The third-order valence-electron chi connectivity index (χ3n) is 1.68. The fourth-order valence-corrected chi connectivity index (χ4v) is 0.965. The Morgan fingerprint density at radius 2 is 2.47 bits per heavy atom. The lowest BCUT2D eigenvalue weighted by molar-refractivity contribution is 0.148. The Balaban J connectivity index is 2.26. The smallest absolute Gasteiger partial charge is 0.315 e. The molecule has 0 saturated carbocycles. The maximum Gasteiger partial charge on any atom is 0.315 e. The highest BCUT2D eigenvalue weighted by atomic mass is 16.4. The Kier molecular flexibility index (Phi) is 4.26. The average molecular weight is 208 g/mol. The van der Waals surface area contributed by atoms with Crippen LogP contribution >= 0.6 is 0 Å². The van der Waals surface area contributed by atoms with Gasteiger partial charge in [-0.05, 0) is 12.1 Å². The molecule has 80 valence electrons. The van der Waals surface area contributed by atoms with Gasteiger partial charge >= 0.3 is 6.03 Å². The molecule has 0 aliphatic carbocycles. The fraction of sp³-hybridized carbons (Fsp3) is 0.300. The van der Waals surface area contributed by atoms with E-state index in [1.54, 1.807) is 12.1 Å². The molecule has 1 rings (SSSR count). The molecule has 3 N–H and O–H groups in total. The second-order valence-corrected chi connectivity index (χ2v) is 2.80. The predicted molar refractivity (Wildman–Crippen MR) is 53.9 cm³/mol. The van der Waals surface area contributed by atoms with Crippen molar-refractivity contribution in [1.82, 2.24) is 10.6 Å². The summed E-state index contributed by atoms with van der Waals surface area (Å²) in [5, 5.41) is 14.4. The van der Waals surface area contributed by atoms with Crippen LogP contribution in [0.4, 0.5) is 4.79 Å². The Bertz CT molecular complexity index is 340. The van der Waals surface area contributed by atoms with Gasteiger partial charge in [-0.25, -0.2) is 4.79 Å². The maximum atomic E-state index is 11.0. The van der Waals surface area contributed by atoms with Crippen molar-refractivity contribution in [2.75, 3.05) is 13.1 Å². The topological polar surface area (TPSA) is 74.5 Å². The maximum absolute atomic E-state index is 11.0. The molecule has 0 aliphatic heterocycles. The molecule has 5 nitrogen and oxygen atoms in total. The number of rotatable bonds is 4. The fourth-order valence-electron chi connectivity index (χ4n) is 0.965. The molecule has 0 bridgehead atoms. The number of carbonyl (C=O) groups is 1. The zero-order valence-electron chi connectivity index (χ0n) is 8.06. The van der Waals surface area contributed by atoms with Crippen LogP contribution in [0.2, 0.25) is 0 Å². The number of furan rings is 1. The largest absolute Gasteiger partial charge is 0.467 e. The number of hydrogen-bond donors (Lipinski definition) is 3. The van der Waals surface area contributed by atoms with Crippen LogP contribution in [-0.4, -0.2) is 24.2 Å². The Morgan fingerprint density at radius 1 is 1.67 bits per heavy atom. The number of nitrogens with one attached hydrogen (secondary N) is 2. The first-order chi connectivity index (χ1) is 7.24. The number of terminal acetylenes is 1. The molecular formula is C10H12N2O3. The van der Waals surface area contributed by atoms with Crippen LogP contribution in [-0.2, 0) is 0 Å². The molecule has 0 aliphatic rings. The van der Waals surface area contributed by atoms with Gasteiger partial charge in [0, 0.05) is 0 Å². The van der Waals surface area contributed by atoms with Crippen molar-refractivity contribution in [3.8, 4) is 12.3 Å². The standard InChI is InChI=1S/C10H12N2O3/c1-2-5-11-10(14)12-7-8(13)9-4-3-6-15-9/h1,3-4,6,8,13H,5,7H2,(H2,11,12,14). The summed E-state index contributed by atoms with van der Waals surface area (Å²) in [4.78, 5) is 11.0. The first kappa shape index (κ1) is 11.1. The molecule has 1 unspecified atom stereocenters. The van der Waals surface area contributed by atoms with Crippen molar-refractivity contribution in [2.45, 2.75) is 6.10 Å². The zero-order chi connectivity index (χ0) is 11.1. The van der Waals surface area contributed by atoms with E-state index in [4.69, 9.17) is 10.8 Å². The van der Waals surface area contributed by atoms with Gasteiger partial charge in [0.1, 0.15) is 11.9 Å². The van der Waals surface area contributed by atoms with E-state index in [1.807, 2.05) is 0 Å². The van der Waals surface area contributed by atoms with Crippen LogP contribution in [0.25, 0.3) is 0 Å². The molecule has 1 aromatic heterocycles. The van der Waals surface area contributed by atoms with Crippen LogP contribution in [0, 0.1) is 12.3 Å². The summed E-state index contributed by atoms with van der Waals surface area (Å²) in [6.07, 6.45) is 5.56. The van der Waals surface area contributed by atoms with Gasteiger partial charge < -0.3 is 20.2 Å². The van der Waals surface area contributed by atoms with Crippen LogP contribution in [0.1, 0.15) is 11.9 Å². The molecule has 1 heterocycles. The Morgan fingerprint density at radius 3 is 3.07 bits per heavy atom. The number of aliphatic hydroxyl groups excluding tert-OH is 1. The molecule has 0 radical (unpaired) electrons. The van der Waals surface area contributed by atoms with Gasteiger partial charge in [0.05, 0.1) is 19.4 Å². The summed E-state index contributed by atoms with van der Waals surface area (Å²) in [7, 11) is 0. The number of urea groups is 1. The minimum atomic E-state index is -0.850. The summed E-state index contributed by atoms with van der Waals surface area (Å²) >= 11 is 0. The van der Waals surface area contributed by atoms with Gasteiger partial charge in [-0.3, -0.25) is 0 Å². The van der Waals surface area contributed by atoms with Crippen molar-refractivity contribution < 1.29 is 14.3 Å². The van der Waals surface area contributed by atoms with Gasteiger partial charge in [0.25, 0.3) is 0 Å². The second-order valence-electron chi connectivity index (χ2n) is 2.80. The van der Waals surface area contributed by atoms with Crippen LogP contribution in [0.3, 0.4) is 0 Å². The van der Waals surface area contributed by atoms with Crippen LogP contribution in [0.15, 0.2) is 22.8 Å². The highest BCUT2D eigenvalue weighted by molar-refractivity contribution is 5.74. The number of carbonyl (C=O) groups excluding carboxylic acids is 1. The Hall–Kier alpha value is -1.93. The predicted octanol–water partition coefficient (Wildman–Crippen LogP) is 0.245. The van der Waals surface area contributed by atoms with Crippen molar-refractivity contribution in [3.05, 3.63) is 24.2 Å². The van der Waals surface area contributed by atoms with E-state index in [-0.39, 0.29) is 13.1 Å². The lowest BCUT2D eigenvalue weighted by Gasteiger charge is -2.09. The van der Waals surface area contributed by atoms with Gasteiger partial charge in [-0.2, -0.15) is 0 Å². The van der Waals surface area contributed by atoms with E-state index in [0.29, 0.717) is 5.76 Å². The third kappa shape index (κ3) is 3.75. The molecule has 0 aromatic carbocycles. The normalized spacial score (nSPS) is 11.5. The number of aliphatic hydroxyl groups is 1. The second kappa shape index (κ2) is 5.73. The molecular weight excluding hydrogens is 196 g/mol. The van der Waals surface area contributed by atoms with Crippen LogP contribution < -0.4 is 10.6 Å². The van der Waals surface area contributed by atoms with E-state index in [9.17, 15) is 9.90 Å². The van der Waals surface area contributed by atoms with Crippen molar-refractivity contribution >= 4 is 6.03 Å². The van der Waals surface area contributed by atoms with Gasteiger partial charge in [0.15, 0.2) is 0 Å². The number of amides is 2. The molecule has 1 aromatic rings. The van der Waals surface area contributed by atoms with Gasteiger partial charge in [-0.1, -0.05) is 5.92 Å². The highest BCUT2D eigenvalue weighted by Gasteiger charge is 2.10. The molecule has 0 saturated heterocycles. The lowest BCUT2D eigenvalue weighted by Crippen LogP contribution is -2.37. The quantitative estimate of drug-likeness (QED) is 0.621. The first-order valence-corrected chi connectivity index (χ1v) is 4.40. The van der Waals surface area contributed by atoms with E-state index in [1.165, 1.54) is 6.26 Å². The molecule has 15 heavy (non-hydrogen) atoms. The molecule has 1 atom stereocenters. The monoisotopic (exact) mass is 208 g/mol. The van der Waals surface area contributed by atoms with Gasteiger partial charge in [-0.15, -0.1) is 6.42 Å². The number of hydrogen-bond acceptors (Lipinski definition) is 3. The summed E-state index contributed by atoms with van der Waals surface area (Å²) in [6.45, 7) is 0.229. The summed E-state index contributed by atoms with van der Waals surface area (Å²) in [5.74, 6) is 2.67. The summed E-state index contributed by atoms with van der Waals surface area (Å²) < 4.78 is 4.95. The van der Waals surface area contributed by atoms with Crippen molar-refractivity contribution in [2.24, 2.45) is 0 Å². The Labute approximate surface area is 87.5 Å². The molecule has 0 fully saturated rings. The molecule has 0 spiro atoms. The third-order valence-corrected chi connectivity index (χ3v) is 1.68. The zero-order valence-corrected chi connectivity index (χ0v) is 8.06. The average Bonchev–Trinajstić information content (AvgIpc) is 2.76. The van der Waals surface area contributed by atoms with E-state index >= 15 is 0 Å². The lowest BCUT2D eigenvalue weighted by atomic mass is 10.3.